The van der Waals surface area contributed by atoms with Crippen molar-refractivity contribution in [3.8, 4) is 0 Å². The van der Waals surface area contributed by atoms with E-state index in [-0.39, 0.29) is 30.4 Å². The van der Waals surface area contributed by atoms with Crippen molar-refractivity contribution in [3.63, 3.8) is 0 Å². The van der Waals surface area contributed by atoms with Gasteiger partial charge in [-0.25, -0.2) is 0 Å². The highest BCUT2D eigenvalue weighted by molar-refractivity contribution is 5.99. The third-order valence-electron chi connectivity index (χ3n) is 7.67. The lowest BCUT2D eigenvalue weighted by molar-refractivity contribution is -0.128. The van der Waals surface area contributed by atoms with Crippen LogP contribution in [-0.2, 0) is 14.3 Å². The fourth-order valence-electron chi connectivity index (χ4n) is 5.64. The van der Waals surface area contributed by atoms with Crippen molar-refractivity contribution in [2.45, 2.75) is 57.4 Å². The third-order valence-corrected chi connectivity index (χ3v) is 7.67. The fourth-order valence-corrected chi connectivity index (χ4v) is 5.64. The Morgan fingerprint density at radius 3 is 2.22 bits per heavy atom. The molecule has 1 spiro atoms. The van der Waals surface area contributed by atoms with Crippen molar-refractivity contribution in [2.75, 3.05) is 32.8 Å². The average Bonchev–Trinajstić information content (AvgIpc) is 3.55. The standard InChI is InChI=1S/C29H35N3O5/c1-20-6-3-8-22(16-20)27(34)31-13-11-29(12-14-31)32(28(35)23-9-4-7-21(2)17-23)25(19-37-29)26(33)30-18-24-10-5-15-36-24/h3-4,6-9,16-17,24-25H,5,10-15,18-19H2,1-2H3,(H,30,33). The first-order valence-electron chi connectivity index (χ1n) is 13.2. The number of ether oxygens (including phenoxy) is 2. The predicted molar refractivity (Wildman–Crippen MR) is 138 cm³/mol. The van der Waals surface area contributed by atoms with Crippen molar-refractivity contribution >= 4 is 17.7 Å². The molecule has 2 unspecified atom stereocenters. The second-order valence-electron chi connectivity index (χ2n) is 10.4. The first-order valence-corrected chi connectivity index (χ1v) is 13.2. The number of nitrogens with zero attached hydrogens (tertiary/aromatic N) is 2. The number of carbonyl (C=O) groups is 3. The Labute approximate surface area is 217 Å². The number of rotatable bonds is 5. The Morgan fingerprint density at radius 1 is 0.973 bits per heavy atom. The lowest BCUT2D eigenvalue weighted by Gasteiger charge is -2.44. The number of carbonyl (C=O) groups excluding carboxylic acids is 3. The highest BCUT2D eigenvalue weighted by Gasteiger charge is 2.54. The molecule has 0 radical (unpaired) electrons. The van der Waals surface area contributed by atoms with Crippen LogP contribution in [0, 0.1) is 13.8 Å². The monoisotopic (exact) mass is 505 g/mol. The Hall–Kier alpha value is -3.23. The predicted octanol–water partition coefficient (Wildman–Crippen LogP) is 3.07. The minimum absolute atomic E-state index is 0.0111. The highest BCUT2D eigenvalue weighted by Crippen LogP contribution is 2.39. The molecule has 2 atom stereocenters. The van der Waals surface area contributed by atoms with E-state index in [0.29, 0.717) is 50.2 Å². The summed E-state index contributed by atoms with van der Waals surface area (Å²) in [7, 11) is 0. The van der Waals surface area contributed by atoms with Gasteiger partial charge in [-0.1, -0.05) is 35.4 Å². The second kappa shape index (κ2) is 10.6. The molecule has 1 N–H and O–H groups in total. The fraction of sp³-hybridized carbons (Fsp3) is 0.483. The van der Waals surface area contributed by atoms with Crippen LogP contribution in [0.25, 0.3) is 0 Å². The molecular formula is C29H35N3O5. The van der Waals surface area contributed by atoms with E-state index in [1.54, 1.807) is 11.0 Å². The maximum absolute atomic E-state index is 13.9. The largest absolute Gasteiger partial charge is 0.376 e. The van der Waals surface area contributed by atoms with E-state index in [1.165, 1.54) is 0 Å². The Morgan fingerprint density at radius 2 is 1.62 bits per heavy atom. The second-order valence-corrected chi connectivity index (χ2v) is 10.4. The van der Waals surface area contributed by atoms with Gasteiger partial charge < -0.3 is 19.7 Å². The normalized spacial score (nSPS) is 22.9. The Kier molecular flexibility index (Phi) is 7.31. The number of hydrogen-bond acceptors (Lipinski definition) is 5. The lowest BCUT2D eigenvalue weighted by Crippen LogP contribution is -2.60. The summed E-state index contributed by atoms with van der Waals surface area (Å²) >= 11 is 0. The van der Waals surface area contributed by atoms with Crippen molar-refractivity contribution in [1.82, 2.24) is 15.1 Å². The van der Waals surface area contributed by atoms with Gasteiger partial charge in [-0.3, -0.25) is 19.3 Å². The summed E-state index contributed by atoms with van der Waals surface area (Å²) in [4.78, 5) is 43.8. The summed E-state index contributed by atoms with van der Waals surface area (Å²) in [5, 5.41) is 2.99. The summed E-state index contributed by atoms with van der Waals surface area (Å²) in [5.41, 5.74) is 2.25. The maximum Gasteiger partial charge on any atom is 0.256 e. The molecule has 196 valence electrons. The molecule has 3 aliphatic rings. The van der Waals surface area contributed by atoms with Gasteiger partial charge in [0.05, 0.1) is 12.7 Å². The molecular weight excluding hydrogens is 470 g/mol. The van der Waals surface area contributed by atoms with Gasteiger partial charge in [0, 0.05) is 50.2 Å². The van der Waals surface area contributed by atoms with Gasteiger partial charge in [0.25, 0.3) is 11.8 Å². The molecule has 0 aliphatic carbocycles. The molecule has 2 aromatic carbocycles. The van der Waals surface area contributed by atoms with Crippen LogP contribution in [0.3, 0.4) is 0 Å². The van der Waals surface area contributed by atoms with Crippen LogP contribution in [0.4, 0.5) is 0 Å². The van der Waals surface area contributed by atoms with Gasteiger partial charge >= 0.3 is 0 Å². The SMILES string of the molecule is Cc1cccc(C(=O)N2CCC3(CC2)OCC(C(=O)NCC2CCCO2)N3C(=O)c2cccc(C)c2)c1. The summed E-state index contributed by atoms with van der Waals surface area (Å²) in [6.07, 6.45) is 2.81. The summed E-state index contributed by atoms with van der Waals surface area (Å²) in [6, 6.07) is 14.2. The van der Waals surface area contributed by atoms with E-state index in [4.69, 9.17) is 9.47 Å². The zero-order chi connectivity index (χ0) is 26.0. The van der Waals surface area contributed by atoms with Gasteiger partial charge in [-0.15, -0.1) is 0 Å². The molecule has 5 rings (SSSR count). The van der Waals surface area contributed by atoms with E-state index in [2.05, 4.69) is 5.32 Å². The number of benzene rings is 2. The number of amides is 3. The van der Waals surface area contributed by atoms with E-state index in [0.717, 1.165) is 24.0 Å². The Bertz CT molecular complexity index is 1170. The van der Waals surface area contributed by atoms with Crippen LogP contribution in [0.2, 0.25) is 0 Å². The summed E-state index contributed by atoms with van der Waals surface area (Å²) in [5.74, 6) is -0.484. The molecule has 3 heterocycles. The molecule has 8 heteroatoms. The van der Waals surface area contributed by atoms with Crippen LogP contribution in [0.1, 0.15) is 57.5 Å². The van der Waals surface area contributed by atoms with Crippen molar-refractivity contribution in [1.29, 1.82) is 0 Å². The van der Waals surface area contributed by atoms with Crippen LogP contribution < -0.4 is 5.32 Å². The number of nitrogens with one attached hydrogen (secondary N) is 1. The zero-order valence-electron chi connectivity index (χ0n) is 21.6. The molecule has 0 saturated carbocycles. The highest BCUT2D eigenvalue weighted by atomic mass is 16.5. The van der Waals surface area contributed by atoms with Crippen molar-refractivity contribution in [2.24, 2.45) is 0 Å². The third kappa shape index (κ3) is 5.26. The lowest BCUT2D eigenvalue weighted by atomic mass is 9.95. The van der Waals surface area contributed by atoms with Gasteiger partial charge in [0.1, 0.15) is 11.8 Å². The molecule has 37 heavy (non-hydrogen) atoms. The van der Waals surface area contributed by atoms with Crippen LogP contribution >= 0.6 is 0 Å². The molecule has 3 amide bonds. The first kappa shape index (κ1) is 25.4. The minimum atomic E-state index is -0.934. The van der Waals surface area contributed by atoms with E-state index in [9.17, 15) is 14.4 Å². The van der Waals surface area contributed by atoms with Gasteiger partial charge in [0.2, 0.25) is 5.91 Å². The average molecular weight is 506 g/mol. The van der Waals surface area contributed by atoms with Gasteiger partial charge in [-0.05, 0) is 51.0 Å². The number of hydrogen-bond donors (Lipinski definition) is 1. The summed E-state index contributed by atoms with van der Waals surface area (Å²) < 4.78 is 11.9. The number of likely N-dealkylation sites (tertiary alicyclic amines) is 1. The molecule has 0 aromatic heterocycles. The molecule has 0 bridgehead atoms. The van der Waals surface area contributed by atoms with Gasteiger partial charge in [0.15, 0.2) is 0 Å². The molecule has 3 saturated heterocycles. The van der Waals surface area contributed by atoms with Crippen molar-refractivity contribution < 1.29 is 23.9 Å². The van der Waals surface area contributed by atoms with E-state index < -0.39 is 11.8 Å². The van der Waals surface area contributed by atoms with E-state index >= 15 is 0 Å². The maximum atomic E-state index is 13.9. The van der Waals surface area contributed by atoms with Crippen LogP contribution in [-0.4, -0.2) is 78.2 Å². The Balaban J connectivity index is 1.35. The molecule has 3 aliphatic heterocycles. The smallest absolute Gasteiger partial charge is 0.256 e. The van der Waals surface area contributed by atoms with Gasteiger partial charge in [-0.2, -0.15) is 0 Å². The minimum Gasteiger partial charge on any atom is -0.376 e. The topological polar surface area (TPSA) is 88.2 Å². The van der Waals surface area contributed by atoms with Crippen LogP contribution in [0.5, 0.6) is 0 Å². The van der Waals surface area contributed by atoms with Crippen LogP contribution in [0.15, 0.2) is 48.5 Å². The quantitative estimate of drug-likeness (QED) is 0.675. The van der Waals surface area contributed by atoms with Crippen molar-refractivity contribution in [3.05, 3.63) is 70.8 Å². The van der Waals surface area contributed by atoms with E-state index in [1.807, 2.05) is 61.2 Å². The zero-order valence-corrected chi connectivity index (χ0v) is 21.6. The first-order chi connectivity index (χ1) is 17.9. The summed E-state index contributed by atoms with van der Waals surface area (Å²) in [6.45, 7) is 6.05. The number of aryl methyl sites for hydroxylation is 2. The molecule has 8 nitrogen and oxygen atoms in total. The molecule has 3 fully saturated rings. The molecule has 2 aromatic rings. The number of piperidine rings is 1.